The Morgan fingerprint density at radius 2 is 2.28 bits per heavy atom. The molecule has 0 saturated heterocycles. The van der Waals surface area contributed by atoms with Crippen LogP contribution in [0, 0.1) is 0 Å². The second-order valence-electron chi connectivity index (χ2n) is 4.67. The summed E-state index contributed by atoms with van der Waals surface area (Å²) in [6.07, 6.45) is 0.963. The van der Waals surface area contributed by atoms with E-state index in [9.17, 15) is 5.11 Å². The number of hydrogen-bond acceptors (Lipinski definition) is 3. The van der Waals surface area contributed by atoms with E-state index in [1.165, 1.54) is 5.56 Å². The van der Waals surface area contributed by atoms with Gasteiger partial charge in [0.25, 0.3) is 0 Å². The molecule has 1 aliphatic rings. The van der Waals surface area contributed by atoms with Crippen LogP contribution in [-0.4, -0.2) is 23.3 Å². The van der Waals surface area contributed by atoms with Crippen molar-refractivity contribution in [2.45, 2.75) is 26.4 Å². The minimum Gasteiger partial charge on any atom is -0.496 e. The molecule has 1 aliphatic heterocycles. The summed E-state index contributed by atoms with van der Waals surface area (Å²) >= 11 is 0. The number of ether oxygens (including phenoxy) is 1. The number of hydrogen-bond donors (Lipinski definition) is 2. The first-order valence-electron chi connectivity index (χ1n) is 6.38. The quantitative estimate of drug-likeness (QED) is 0.852. The lowest BCUT2D eigenvalue weighted by molar-refractivity contribution is 0.390. The van der Waals surface area contributed by atoms with Crippen molar-refractivity contribution in [1.29, 1.82) is 0 Å². The number of benzene rings is 1. The Morgan fingerprint density at radius 1 is 1.44 bits per heavy atom. The van der Waals surface area contributed by atoms with E-state index in [1.807, 2.05) is 10.6 Å². The molecule has 0 radical (unpaired) electrons. The summed E-state index contributed by atoms with van der Waals surface area (Å²) in [5.74, 6) is 1.10. The molecule has 1 aromatic carbocycles. The number of methoxy groups -OCH3 is 1. The lowest BCUT2D eigenvalue weighted by Crippen LogP contribution is -2.27. The van der Waals surface area contributed by atoms with E-state index >= 15 is 0 Å². The fraction of sp³-hybridized carbons (Fsp3) is 0.429. The number of rotatable bonds is 2. The van der Waals surface area contributed by atoms with Crippen LogP contribution in [0.25, 0.3) is 10.8 Å². The van der Waals surface area contributed by atoms with E-state index in [2.05, 4.69) is 18.3 Å². The summed E-state index contributed by atoms with van der Waals surface area (Å²) in [7, 11) is 1.66. The maximum absolute atomic E-state index is 10.4. The van der Waals surface area contributed by atoms with Crippen LogP contribution in [-0.2, 0) is 19.5 Å². The van der Waals surface area contributed by atoms with Gasteiger partial charge in [-0.3, -0.25) is 0 Å². The van der Waals surface area contributed by atoms with Crippen molar-refractivity contribution >= 4 is 10.8 Å². The molecule has 0 bridgehead atoms. The average Bonchev–Trinajstić information content (AvgIpc) is 2.72. The van der Waals surface area contributed by atoms with Gasteiger partial charge >= 0.3 is 0 Å². The van der Waals surface area contributed by atoms with Crippen molar-refractivity contribution in [3.05, 3.63) is 23.4 Å². The Bertz CT molecular complexity index is 602. The number of aromatic hydroxyl groups is 1. The topological polar surface area (TPSA) is 46.4 Å². The maximum atomic E-state index is 10.4. The van der Waals surface area contributed by atoms with Crippen molar-refractivity contribution in [2.24, 2.45) is 0 Å². The van der Waals surface area contributed by atoms with Crippen molar-refractivity contribution < 1.29 is 9.84 Å². The second-order valence-corrected chi connectivity index (χ2v) is 4.67. The van der Waals surface area contributed by atoms with Crippen LogP contribution in [0.3, 0.4) is 0 Å². The van der Waals surface area contributed by atoms with Gasteiger partial charge in [0.15, 0.2) is 0 Å². The van der Waals surface area contributed by atoms with Crippen LogP contribution in [0.2, 0.25) is 0 Å². The highest BCUT2D eigenvalue weighted by Gasteiger charge is 2.22. The minimum atomic E-state index is 0.334. The summed E-state index contributed by atoms with van der Waals surface area (Å²) in [5.41, 5.74) is 2.39. The minimum absolute atomic E-state index is 0.334. The molecule has 2 aromatic rings. The number of aromatic nitrogens is 1. The molecular weight excluding hydrogens is 228 g/mol. The molecule has 0 amide bonds. The molecule has 0 fully saturated rings. The number of aryl methyl sites for hydroxylation is 1. The molecule has 4 heteroatoms. The fourth-order valence-corrected chi connectivity index (χ4v) is 2.73. The summed E-state index contributed by atoms with van der Waals surface area (Å²) < 4.78 is 7.42. The first-order chi connectivity index (χ1) is 8.76. The van der Waals surface area contributed by atoms with Crippen LogP contribution in [0.4, 0.5) is 0 Å². The van der Waals surface area contributed by atoms with Crippen LogP contribution < -0.4 is 10.1 Å². The average molecular weight is 246 g/mol. The van der Waals surface area contributed by atoms with E-state index < -0.39 is 0 Å². The molecule has 0 atom stereocenters. The highest BCUT2D eigenvalue weighted by atomic mass is 16.5. The van der Waals surface area contributed by atoms with Crippen LogP contribution in [0.15, 0.2) is 12.1 Å². The third kappa shape index (κ3) is 1.49. The molecule has 18 heavy (non-hydrogen) atoms. The van der Waals surface area contributed by atoms with Gasteiger partial charge in [-0.15, -0.1) is 0 Å². The molecule has 1 aromatic heterocycles. The Hall–Kier alpha value is -1.68. The summed E-state index contributed by atoms with van der Waals surface area (Å²) in [4.78, 5) is 0. The van der Waals surface area contributed by atoms with Gasteiger partial charge in [0, 0.05) is 30.7 Å². The normalized spacial score (nSPS) is 14.8. The predicted molar refractivity (Wildman–Crippen MR) is 71.2 cm³/mol. The highest BCUT2D eigenvalue weighted by molar-refractivity contribution is 5.96. The first-order valence-corrected chi connectivity index (χ1v) is 6.38. The number of fused-ring (bicyclic) bond motifs is 3. The van der Waals surface area contributed by atoms with Gasteiger partial charge in [0.2, 0.25) is 5.88 Å². The smallest absolute Gasteiger partial charge is 0.203 e. The lowest BCUT2D eigenvalue weighted by atomic mass is 10.1. The van der Waals surface area contributed by atoms with Gasteiger partial charge in [-0.05, 0) is 24.1 Å². The van der Waals surface area contributed by atoms with Gasteiger partial charge in [-0.2, -0.15) is 0 Å². The van der Waals surface area contributed by atoms with Gasteiger partial charge in [-0.25, -0.2) is 0 Å². The van der Waals surface area contributed by atoms with Crippen molar-refractivity contribution in [3.63, 3.8) is 0 Å². The molecule has 3 rings (SSSR count). The Balaban J connectivity index is 2.37. The molecule has 0 unspecified atom stereocenters. The Labute approximate surface area is 106 Å². The number of nitrogens with zero attached hydrogens (tertiary/aromatic N) is 1. The first kappa shape index (κ1) is 11.4. The van der Waals surface area contributed by atoms with E-state index in [0.717, 1.165) is 48.3 Å². The maximum Gasteiger partial charge on any atom is 0.203 e. The van der Waals surface area contributed by atoms with Gasteiger partial charge in [0.1, 0.15) is 5.75 Å². The van der Waals surface area contributed by atoms with E-state index in [0.29, 0.717) is 5.88 Å². The highest BCUT2D eigenvalue weighted by Crippen LogP contribution is 2.39. The Morgan fingerprint density at radius 3 is 3.00 bits per heavy atom. The molecular formula is C14H18N2O2. The molecule has 0 aliphatic carbocycles. The number of nitrogens with one attached hydrogen (secondary N) is 1. The van der Waals surface area contributed by atoms with E-state index in [4.69, 9.17) is 4.74 Å². The van der Waals surface area contributed by atoms with Crippen LogP contribution in [0.1, 0.15) is 18.2 Å². The van der Waals surface area contributed by atoms with Crippen molar-refractivity contribution in [1.82, 2.24) is 9.88 Å². The fourth-order valence-electron chi connectivity index (χ4n) is 2.73. The zero-order valence-corrected chi connectivity index (χ0v) is 10.8. The van der Waals surface area contributed by atoms with E-state index in [-0.39, 0.29) is 0 Å². The molecule has 4 nitrogen and oxygen atoms in total. The van der Waals surface area contributed by atoms with Crippen molar-refractivity contribution in [2.75, 3.05) is 13.7 Å². The molecule has 0 saturated carbocycles. The largest absolute Gasteiger partial charge is 0.496 e. The third-order valence-corrected chi connectivity index (χ3v) is 3.71. The van der Waals surface area contributed by atoms with Crippen LogP contribution in [0.5, 0.6) is 11.6 Å². The van der Waals surface area contributed by atoms with Gasteiger partial charge < -0.3 is 19.7 Å². The third-order valence-electron chi connectivity index (χ3n) is 3.71. The monoisotopic (exact) mass is 246 g/mol. The zero-order chi connectivity index (χ0) is 12.7. The predicted octanol–water partition coefficient (Wildman–Crippen LogP) is 2.02. The molecule has 2 heterocycles. The standard InChI is InChI=1S/C14H18N2O2/c1-3-9-6-10-11-8-15-4-5-16(11)14(17)13(10)12(7-9)18-2/h6-7,15,17H,3-5,8H2,1-2H3. The van der Waals surface area contributed by atoms with Crippen LogP contribution >= 0.6 is 0 Å². The molecule has 2 N–H and O–H groups in total. The lowest BCUT2D eigenvalue weighted by Gasteiger charge is -2.17. The summed E-state index contributed by atoms with van der Waals surface area (Å²) in [6.45, 7) is 4.62. The SMILES string of the molecule is CCc1cc(OC)c2c(O)n3c(c2c1)CNCC3. The van der Waals surface area contributed by atoms with Gasteiger partial charge in [-0.1, -0.05) is 6.92 Å². The Kier molecular flexibility index (Phi) is 2.67. The summed E-state index contributed by atoms with van der Waals surface area (Å²) in [6, 6.07) is 4.18. The molecule has 0 spiro atoms. The van der Waals surface area contributed by atoms with Crippen molar-refractivity contribution in [3.8, 4) is 11.6 Å². The summed E-state index contributed by atoms with van der Waals surface area (Å²) in [5, 5.41) is 15.7. The zero-order valence-electron chi connectivity index (χ0n) is 10.8. The van der Waals surface area contributed by atoms with E-state index in [1.54, 1.807) is 7.11 Å². The second kappa shape index (κ2) is 4.21. The molecule has 96 valence electrons. The van der Waals surface area contributed by atoms with Gasteiger partial charge in [0.05, 0.1) is 12.5 Å².